The second-order valence-corrected chi connectivity index (χ2v) is 10.4. The number of carbonyl (C=O) groups excluding carboxylic acids is 1. The summed E-state index contributed by atoms with van der Waals surface area (Å²) in [6, 6.07) is 22.2. The molecule has 1 N–H and O–H groups in total. The summed E-state index contributed by atoms with van der Waals surface area (Å²) in [6.07, 6.45) is 7.34. The first-order valence-electron chi connectivity index (χ1n) is 13.1. The van der Waals surface area contributed by atoms with Crippen LogP contribution >= 0.6 is 0 Å². The molecule has 0 radical (unpaired) electrons. The summed E-state index contributed by atoms with van der Waals surface area (Å²) in [6.45, 7) is 6.40. The SMILES string of the molecule is O=C(NCCCCN1CCN(C(c2ccccc2)c2ccccc2)CC1)C1C[C@@H]2CC[C@H]1C2. The molecular weight excluding hydrogens is 406 g/mol. The first-order valence-corrected chi connectivity index (χ1v) is 13.1. The molecule has 33 heavy (non-hydrogen) atoms. The van der Waals surface area contributed by atoms with Crippen LogP contribution in [0.15, 0.2) is 60.7 Å². The molecule has 0 spiro atoms. The minimum atomic E-state index is 0.319. The summed E-state index contributed by atoms with van der Waals surface area (Å²) in [5.74, 6) is 2.18. The van der Waals surface area contributed by atoms with Gasteiger partial charge in [-0.1, -0.05) is 67.1 Å². The van der Waals surface area contributed by atoms with E-state index in [4.69, 9.17) is 0 Å². The van der Waals surface area contributed by atoms with Crippen molar-refractivity contribution in [2.24, 2.45) is 17.8 Å². The average molecular weight is 446 g/mol. The smallest absolute Gasteiger partial charge is 0.223 e. The molecule has 1 heterocycles. The van der Waals surface area contributed by atoms with Crippen LogP contribution in [0.2, 0.25) is 0 Å². The quantitative estimate of drug-likeness (QED) is 0.567. The number of nitrogens with one attached hydrogen (secondary N) is 1. The number of hydrogen-bond donors (Lipinski definition) is 1. The number of amides is 1. The molecule has 1 saturated heterocycles. The zero-order chi connectivity index (χ0) is 22.5. The van der Waals surface area contributed by atoms with Gasteiger partial charge in [0.15, 0.2) is 0 Å². The van der Waals surface area contributed by atoms with E-state index in [9.17, 15) is 4.79 Å². The van der Waals surface area contributed by atoms with E-state index in [1.165, 1.54) is 30.4 Å². The second kappa shape index (κ2) is 10.8. The molecule has 4 heteroatoms. The Bertz CT molecular complexity index is 839. The van der Waals surface area contributed by atoms with Crippen LogP contribution in [0.4, 0.5) is 0 Å². The van der Waals surface area contributed by atoms with Crippen LogP contribution in [0.25, 0.3) is 0 Å². The fourth-order valence-corrected chi connectivity index (χ4v) is 6.50. The summed E-state index contributed by atoms with van der Waals surface area (Å²) in [4.78, 5) is 17.7. The normalized spacial score (nSPS) is 25.5. The molecule has 1 aliphatic heterocycles. The zero-order valence-corrected chi connectivity index (χ0v) is 19.9. The van der Waals surface area contributed by atoms with Crippen molar-refractivity contribution in [3.8, 4) is 0 Å². The van der Waals surface area contributed by atoms with Crippen molar-refractivity contribution in [2.45, 2.75) is 44.6 Å². The number of rotatable bonds is 9. The molecule has 2 saturated carbocycles. The third-order valence-electron chi connectivity index (χ3n) is 8.28. The summed E-state index contributed by atoms with van der Waals surface area (Å²) in [7, 11) is 0. The van der Waals surface area contributed by atoms with Gasteiger partial charge in [-0.3, -0.25) is 9.69 Å². The molecule has 3 aliphatic rings. The average Bonchev–Trinajstić information content (AvgIpc) is 3.50. The van der Waals surface area contributed by atoms with Gasteiger partial charge < -0.3 is 10.2 Å². The van der Waals surface area contributed by atoms with Gasteiger partial charge in [0, 0.05) is 38.6 Å². The van der Waals surface area contributed by atoms with Gasteiger partial charge >= 0.3 is 0 Å². The Kier molecular flexibility index (Phi) is 7.43. The van der Waals surface area contributed by atoms with E-state index in [1.54, 1.807) is 0 Å². The third-order valence-corrected chi connectivity index (χ3v) is 8.28. The van der Waals surface area contributed by atoms with E-state index in [0.29, 0.717) is 23.8 Å². The van der Waals surface area contributed by atoms with Crippen molar-refractivity contribution in [3.05, 3.63) is 71.8 Å². The Morgan fingerprint density at radius 3 is 2.09 bits per heavy atom. The van der Waals surface area contributed by atoms with Crippen LogP contribution in [0, 0.1) is 17.8 Å². The lowest BCUT2D eigenvalue weighted by atomic mass is 9.88. The molecule has 2 aliphatic carbocycles. The van der Waals surface area contributed by atoms with E-state index in [2.05, 4.69) is 75.8 Å². The lowest BCUT2D eigenvalue weighted by molar-refractivity contribution is -0.126. The van der Waals surface area contributed by atoms with E-state index in [0.717, 1.165) is 64.4 Å². The number of fused-ring (bicyclic) bond motifs is 2. The molecule has 1 unspecified atom stereocenters. The molecule has 2 aromatic carbocycles. The van der Waals surface area contributed by atoms with Gasteiger partial charge in [-0.05, 0) is 61.6 Å². The molecule has 5 rings (SSSR count). The summed E-state index contributed by atoms with van der Waals surface area (Å²) in [5.41, 5.74) is 2.76. The van der Waals surface area contributed by atoms with Crippen molar-refractivity contribution in [1.29, 1.82) is 0 Å². The van der Waals surface area contributed by atoms with Crippen LogP contribution in [-0.2, 0) is 4.79 Å². The van der Waals surface area contributed by atoms with Gasteiger partial charge in [-0.25, -0.2) is 0 Å². The largest absolute Gasteiger partial charge is 0.356 e. The maximum atomic E-state index is 12.5. The minimum absolute atomic E-state index is 0.319. The minimum Gasteiger partial charge on any atom is -0.356 e. The highest BCUT2D eigenvalue weighted by atomic mass is 16.1. The van der Waals surface area contributed by atoms with Gasteiger partial charge in [-0.15, -0.1) is 0 Å². The maximum absolute atomic E-state index is 12.5. The van der Waals surface area contributed by atoms with Crippen LogP contribution in [-0.4, -0.2) is 55.0 Å². The summed E-state index contributed by atoms with van der Waals surface area (Å²) in [5, 5.41) is 3.24. The van der Waals surface area contributed by atoms with Gasteiger partial charge in [0.05, 0.1) is 6.04 Å². The number of nitrogens with zero attached hydrogens (tertiary/aromatic N) is 2. The fraction of sp³-hybridized carbons (Fsp3) is 0.552. The molecule has 1 amide bonds. The van der Waals surface area contributed by atoms with E-state index < -0.39 is 0 Å². The fourth-order valence-electron chi connectivity index (χ4n) is 6.50. The third kappa shape index (κ3) is 5.50. The van der Waals surface area contributed by atoms with Crippen molar-refractivity contribution >= 4 is 5.91 Å². The molecule has 2 aromatic rings. The zero-order valence-electron chi connectivity index (χ0n) is 19.9. The Hall–Kier alpha value is -2.17. The Labute approximate surface area is 199 Å². The lowest BCUT2D eigenvalue weighted by Gasteiger charge is -2.40. The number of unbranched alkanes of at least 4 members (excludes halogenated alkanes) is 1. The molecule has 3 fully saturated rings. The van der Waals surface area contributed by atoms with Crippen LogP contribution in [0.1, 0.15) is 55.7 Å². The predicted molar refractivity (Wildman–Crippen MR) is 134 cm³/mol. The van der Waals surface area contributed by atoms with Crippen LogP contribution < -0.4 is 5.32 Å². The van der Waals surface area contributed by atoms with E-state index in [1.807, 2.05) is 0 Å². The Morgan fingerprint density at radius 1 is 0.848 bits per heavy atom. The molecule has 2 bridgehead atoms. The van der Waals surface area contributed by atoms with E-state index >= 15 is 0 Å². The monoisotopic (exact) mass is 445 g/mol. The highest BCUT2D eigenvalue weighted by Gasteiger charge is 2.42. The predicted octanol–water partition coefficient (Wildman–Crippen LogP) is 4.73. The molecule has 4 nitrogen and oxygen atoms in total. The van der Waals surface area contributed by atoms with E-state index in [-0.39, 0.29) is 0 Å². The first-order chi connectivity index (χ1) is 16.3. The van der Waals surface area contributed by atoms with Gasteiger partial charge in [0.1, 0.15) is 0 Å². The molecular formula is C29H39N3O. The highest BCUT2D eigenvalue weighted by Crippen LogP contribution is 2.48. The maximum Gasteiger partial charge on any atom is 0.223 e. The summed E-state index contributed by atoms with van der Waals surface area (Å²) >= 11 is 0. The number of carbonyl (C=O) groups is 1. The highest BCUT2D eigenvalue weighted by molar-refractivity contribution is 5.79. The van der Waals surface area contributed by atoms with Crippen molar-refractivity contribution in [3.63, 3.8) is 0 Å². The number of piperazine rings is 1. The van der Waals surface area contributed by atoms with Gasteiger partial charge in [0.25, 0.3) is 0 Å². The number of benzene rings is 2. The van der Waals surface area contributed by atoms with Gasteiger partial charge in [0.2, 0.25) is 5.91 Å². The Balaban J connectivity index is 1.04. The van der Waals surface area contributed by atoms with Crippen molar-refractivity contribution in [1.82, 2.24) is 15.1 Å². The molecule has 3 atom stereocenters. The topological polar surface area (TPSA) is 35.6 Å². The first kappa shape index (κ1) is 22.6. The van der Waals surface area contributed by atoms with Gasteiger partial charge in [-0.2, -0.15) is 0 Å². The summed E-state index contributed by atoms with van der Waals surface area (Å²) < 4.78 is 0. The van der Waals surface area contributed by atoms with Crippen molar-refractivity contribution in [2.75, 3.05) is 39.3 Å². The molecule has 0 aromatic heterocycles. The number of hydrogen-bond acceptors (Lipinski definition) is 3. The van der Waals surface area contributed by atoms with Crippen LogP contribution in [0.3, 0.4) is 0 Å². The standard InChI is InChI=1S/C29H39N3O/c33-29(27-22-23-13-14-26(27)21-23)30-15-7-8-16-31-17-19-32(20-18-31)28(24-9-3-1-4-10-24)25-11-5-2-6-12-25/h1-6,9-12,23,26-28H,7-8,13-22H2,(H,30,33)/t23-,26+,27?/m1/s1. The lowest BCUT2D eigenvalue weighted by Crippen LogP contribution is -2.48. The second-order valence-electron chi connectivity index (χ2n) is 10.4. The Morgan fingerprint density at radius 2 is 1.52 bits per heavy atom. The molecule has 176 valence electrons. The van der Waals surface area contributed by atoms with Crippen molar-refractivity contribution < 1.29 is 4.79 Å². The van der Waals surface area contributed by atoms with Crippen LogP contribution in [0.5, 0.6) is 0 Å².